The Balaban J connectivity index is 2.00. The fraction of sp³-hybridized carbons (Fsp3) is 0.250. The Kier molecular flexibility index (Phi) is 3.22. The molecule has 1 atom stereocenters. The summed E-state index contributed by atoms with van der Waals surface area (Å²) in [5.74, 6) is 0.776. The van der Waals surface area contributed by atoms with Gasteiger partial charge in [-0.15, -0.1) is 0 Å². The van der Waals surface area contributed by atoms with Crippen molar-refractivity contribution in [2.45, 2.75) is 12.5 Å². The van der Waals surface area contributed by atoms with E-state index in [1.54, 1.807) is 24.5 Å². The molecule has 0 spiro atoms. The van der Waals surface area contributed by atoms with Crippen molar-refractivity contribution in [3.05, 3.63) is 46.8 Å². The van der Waals surface area contributed by atoms with Crippen LogP contribution < -0.4 is 5.32 Å². The smallest absolute Gasteiger partial charge is 0.125 e. The van der Waals surface area contributed by atoms with E-state index in [4.69, 9.17) is 0 Å². The van der Waals surface area contributed by atoms with Crippen molar-refractivity contribution in [1.82, 2.24) is 4.98 Å². The lowest BCUT2D eigenvalue weighted by molar-refractivity contribution is 0.0719. The monoisotopic (exact) mass is 234 g/mol. The van der Waals surface area contributed by atoms with Gasteiger partial charge in [0.05, 0.1) is 0 Å². The molecule has 2 aromatic heterocycles. The Morgan fingerprint density at radius 3 is 2.94 bits per heavy atom. The molecule has 2 rings (SSSR count). The predicted octanol–water partition coefficient (Wildman–Crippen LogP) is 2.46. The molecule has 16 heavy (non-hydrogen) atoms. The number of aromatic nitrogens is 1. The van der Waals surface area contributed by atoms with Gasteiger partial charge in [-0.25, -0.2) is 4.98 Å². The Labute approximate surface area is 98.8 Å². The van der Waals surface area contributed by atoms with E-state index in [1.165, 1.54) is 0 Å². The first kappa shape index (κ1) is 11.1. The molecule has 2 aromatic rings. The van der Waals surface area contributed by atoms with Gasteiger partial charge in [0, 0.05) is 12.7 Å². The average Bonchev–Trinajstić information content (AvgIpc) is 2.82. The lowest BCUT2D eigenvalue weighted by atomic mass is 9.99. The summed E-state index contributed by atoms with van der Waals surface area (Å²) in [6.45, 7) is 2.24. The SMILES string of the molecule is CC(O)(CNc1ccccn1)c1ccsc1. The van der Waals surface area contributed by atoms with E-state index in [2.05, 4.69) is 10.3 Å². The molecule has 2 heterocycles. The van der Waals surface area contributed by atoms with Gasteiger partial charge in [-0.3, -0.25) is 0 Å². The van der Waals surface area contributed by atoms with Crippen LogP contribution in [0.5, 0.6) is 0 Å². The fourth-order valence-corrected chi connectivity index (χ4v) is 2.19. The Morgan fingerprint density at radius 1 is 1.44 bits per heavy atom. The quantitative estimate of drug-likeness (QED) is 0.854. The van der Waals surface area contributed by atoms with Crippen molar-refractivity contribution in [2.24, 2.45) is 0 Å². The third-order valence-electron chi connectivity index (χ3n) is 2.42. The van der Waals surface area contributed by atoms with Crippen LogP contribution in [0, 0.1) is 0 Å². The highest BCUT2D eigenvalue weighted by molar-refractivity contribution is 7.08. The lowest BCUT2D eigenvalue weighted by Crippen LogP contribution is -2.30. The maximum atomic E-state index is 10.3. The van der Waals surface area contributed by atoms with Crippen LogP contribution in [-0.2, 0) is 5.60 Å². The molecule has 0 amide bonds. The summed E-state index contributed by atoms with van der Waals surface area (Å²) >= 11 is 1.58. The molecule has 0 fully saturated rings. The molecule has 1 unspecified atom stereocenters. The number of pyridine rings is 1. The Morgan fingerprint density at radius 2 is 2.31 bits per heavy atom. The summed E-state index contributed by atoms with van der Waals surface area (Å²) in [5, 5.41) is 17.3. The summed E-state index contributed by atoms with van der Waals surface area (Å²) in [6.07, 6.45) is 1.72. The van der Waals surface area contributed by atoms with Crippen LogP contribution in [0.4, 0.5) is 5.82 Å². The van der Waals surface area contributed by atoms with Crippen molar-refractivity contribution >= 4 is 17.2 Å². The summed E-state index contributed by atoms with van der Waals surface area (Å²) in [6, 6.07) is 7.59. The van der Waals surface area contributed by atoms with Gasteiger partial charge < -0.3 is 10.4 Å². The zero-order valence-corrected chi connectivity index (χ0v) is 9.87. The van der Waals surface area contributed by atoms with Crippen LogP contribution in [0.1, 0.15) is 12.5 Å². The Bertz CT molecular complexity index is 426. The van der Waals surface area contributed by atoms with E-state index < -0.39 is 5.60 Å². The number of nitrogens with zero attached hydrogens (tertiary/aromatic N) is 1. The van der Waals surface area contributed by atoms with E-state index in [-0.39, 0.29) is 0 Å². The molecule has 0 bridgehead atoms. The molecule has 4 heteroatoms. The minimum Gasteiger partial charge on any atom is -0.384 e. The molecule has 84 valence electrons. The molecule has 0 saturated heterocycles. The van der Waals surface area contributed by atoms with Gasteiger partial charge >= 0.3 is 0 Å². The highest BCUT2D eigenvalue weighted by Gasteiger charge is 2.23. The van der Waals surface area contributed by atoms with Gasteiger partial charge in [-0.1, -0.05) is 6.07 Å². The van der Waals surface area contributed by atoms with Crippen molar-refractivity contribution in [3.8, 4) is 0 Å². The average molecular weight is 234 g/mol. The van der Waals surface area contributed by atoms with Gasteiger partial charge in [0.1, 0.15) is 11.4 Å². The molecule has 0 radical (unpaired) electrons. The summed E-state index contributed by atoms with van der Waals surface area (Å²) in [7, 11) is 0. The molecule has 0 saturated carbocycles. The van der Waals surface area contributed by atoms with E-state index in [0.29, 0.717) is 6.54 Å². The van der Waals surface area contributed by atoms with Crippen molar-refractivity contribution in [2.75, 3.05) is 11.9 Å². The van der Waals surface area contributed by atoms with Crippen LogP contribution in [0.25, 0.3) is 0 Å². The first-order valence-electron chi connectivity index (χ1n) is 5.08. The van der Waals surface area contributed by atoms with Crippen LogP contribution in [0.2, 0.25) is 0 Å². The summed E-state index contributed by atoms with van der Waals surface area (Å²) in [5.41, 5.74) is 0.0678. The second kappa shape index (κ2) is 4.63. The zero-order chi connectivity index (χ0) is 11.4. The molecule has 0 aliphatic carbocycles. The van der Waals surface area contributed by atoms with Crippen molar-refractivity contribution in [1.29, 1.82) is 0 Å². The molecule has 0 aliphatic heterocycles. The number of anilines is 1. The zero-order valence-electron chi connectivity index (χ0n) is 9.05. The second-order valence-corrected chi connectivity index (χ2v) is 4.63. The third-order valence-corrected chi connectivity index (χ3v) is 3.10. The number of aliphatic hydroxyl groups is 1. The van der Waals surface area contributed by atoms with Crippen LogP contribution in [-0.4, -0.2) is 16.6 Å². The van der Waals surface area contributed by atoms with E-state index in [1.807, 2.05) is 35.0 Å². The lowest BCUT2D eigenvalue weighted by Gasteiger charge is -2.23. The summed E-state index contributed by atoms with van der Waals surface area (Å²) in [4.78, 5) is 4.14. The number of nitrogens with one attached hydrogen (secondary N) is 1. The molecule has 0 aromatic carbocycles. The maximum absolute atomic E-state index is 10.3. The largest absolute Gasteiger partial charge is 0.384 e. The van der Waals surface area contributed by atoms with Gasteiger partial charge in [-0.2, -0.15) is 11.3 Å². The normalized spacial score (nSPS) is 14.4. The maximum Gasteiger partial charge on any atom is 0.125 e. The highest BCUT2D eigenvalue weighted by Crippen LogP contribution is 2.23. The van der Waals surface area contributed by atoms with Gasteiger partial charge in [0.15, 0.2) is 0 Å². The third kappa shape index (κ3) is 2.59. The molecular weight excluding hydrogens is 220 g/mol. The van der Waals surface area contributed by atoms with E-state index in [9.17, 15) is 5.11 Å². The van der Waals surface area contributed by atoms with Crippen molar-refractivity contribution < 1.29 is 5.11 Å². The van der Waals surface area contributed by atoms with Gasteiger partial charge in [0.25, 0.3) is 0 Å². The van der Waals surface area contributed by atoms with Crippen molar-refractivity contribution in [3.63, 3.8) is 0 Å². The number of thiophene rings is 1. The first-order chi connectivity index (χ1) is 7.68. The Hall–Kier alpha value is -1.39. The minimum atomic E-state index is -0.864. The summed E-state index contributed by atoms with van der Waals surface area (Å²) < 4.78 is 0. The fourth-order valence-electron chi connectivity index (χ4n) is 1.40. The van der Waals surface area contributed by atoms with Gasteiger partial charge in [-0.05, 0) is 41.4 Å². The number of hydrogen-bond acceptors (Lipinski definition) is 4. The predicted molar refractivity (Wildman–Crippen MR) is 66.6 cm³/mol. The number of rotatable bonds is 4. The minimum absolute atomic E-state index is 0.445. The van der Waals surface area contributed by atoms with E-state index in [0.717, 1.165) is 11.4 Å². The molecule has 0 aliphatic rings. The topological polar surface area (TPSA) is 45.1 Å². The first-order valence-corrected chi connectivity index (χ1v) is 6.03. The molecule has 2 N–H and O–H groups in total. The standard InChI is InChI=1S/C12H14N2OS/c1-12(15,10-5-7-16-8-10)9-14-11-4-2-3-6-13-11/h2-8,15H,9H2,1H3,(H,13,14). The number of hydrogen-bond donors (Lipinski definition) is 2. The van der Waals surface area contributed by atoms with E-state index >= 15 is 0 Å². The highest BCUT2D eigenvalue weighted by atomic mass is 32.1. The second-order valence-electron chi connectivity index (χ2n) is 3.85. The van der Waals surface area contributed by atoms with Gasteiger partial charge in [0.2, 0.25) is 0 Å². The molecular formula is C12H14N2OS. The molecule has 3 nitrogen and oxygen atoms in total. The van der Waals surface area contributed by atoms with Crippen LogP contribution in [0.15, 0.2) is 41.2 Å². The van der Waals surface area contributed by atoms with Crippen LogP contribution in [0.3, 0.4) is 0 Å². The van der Waals surface area contributed by atoms with Crippen LogP contribution >= 0.6 is 11.3 Å².